The van der Waals surface area contributed by atoms with Crippen molar-refractivity contribution in [2.75, 3.05) is 38.6 Å². The molecule has 1 aromatic rings. The highest BCUT2D eigenvalue weighted by Gasteiger charge is 2.20. The van der Waals surface area contributed by atoms with Gasteiger partial charge in [0.25, 0.3) is 5.91 Å². The van der Waals surface area contributed by atoms with E-state index in [1.807, 2.05) is 0 Å². The summed E-state index contributed by atoms with van der Waals surface area (Å²) in [5, 5.41) is 0. The van der Waals surface area contributed by atoms with Crippen LogP contribution in [0.4, 0.5) is 10.1 Å². The second-order valence-electron chi connectivity index (χ2n) is 4.31. The van der Waals surface area contributed by atoms with E-state index < -0.39 is 18.4 Å². The van der Waals surface area contributed by atoms with Crippen molar-refractivity contribution < 1.29 is 23.5 Å². The second kappa shape index (κ2) is 6.33. The molecule has 1 aromatic carbocycles. The summed E-state index contributed by atoms with van der Waals surface area (Å²) in [7, 11) is 0. The average Bonchev–Trinajstić information content (AvgIpc) is 2.47. The Labute approximate surface area is 115 Å². The molecule has 1 fully saturated rings. The lowest BCUT2D eigenvalue weighted by Gasteiger charge is -2.26. The number of carbonyl (C=O) groups excluding carboxylic acids is 2. The van der Waals surface area contributed by atoms with Crippen LogP contribution in [-0.2, 0) is 14.3 Å². The zero-order chi connectivity index (χ0) is 14.5. The molecule has 1 aliphatic rings. The Kier molecular flexibility index (Phi) is 4.52. The number of ether oxygens (including phenoxy) is 2. The number of nitrogen functional groups attached to an aromatic ring is 1. The van der Waals surface area contributed by atoms with E-state index in [4.69, 9.17) is 15.2 Å². The van der Waals surface area contributed by atoms with Crippen LogP contribution in [0.2, 0.25) is 0 Å². The number of rotatable bonds is 3. The summed E-state index contributed by atoms with van der Waals surface area (Å²) in [6.07, 6.45) is 0. The van der Waals surface area contributed by atoms with Gasteiger partial charge in [0.2, 0.25) is 0 Å². The highest BCUT2D eigenvalue weighted by molar-refractivity contribution is 5.92. The lowest BCUT2D eigenvalue weighted by molar-refractivity contribution is -0.138. The summed E-state index contributed by atoms with van der Waals surface area (Å²) >= 11 is 0. The number of nitrogens with two attached hydrogens (primary N) is 1. The van der Waals surface area contributed by atoms with Crippen LogP contribution in [0.25, 0.3) is 0 Å². The third kappa shape index (κ3) is 3.45. The van der Waals surface area contributed by atoms with Crippen LogP contribution >= 0.6 is 0 Å². The first kappa shape index (κ1) is 14.3. The fourth-order valence-electron chi connectivity index (χ4n) is 1.81. The van der Waals surface area contributed by atoms with Gasteiger partial charge in [0.05, 0.1) is 18.8 Å². The largest absolute Gasteiger partial charge is 0.452 e. The van der Waals surface area contributed by atoms with E-state index in [0.717, 1.165) is 6.07 Å². The van der Waals surface area contributed by atoms with Crippen molar-refractivity contribution in [3.63, 3.8) is 0 Å². The van der Waals surface area contributed by atoms with Crippen molar-refractivity contribution in [3.05, 3.63) is 29.6 Å². The molecule has 1 amide bonds. The highest BCUT2D eigenvalue weighted by Crippen LogP contribution is 2.13. The zero-order valence-corrected chi connectivity index (χ0v) is 10.8. The number of halogens is 1. The molecule has 0 bridgehead atoms. The third-order valence-corrected chi connectivity index (χ3v) is 2.90. The molecule has 2 N–H and O–H groups in total. The molecule has 0 radical (unpaired) electrons. The molecule has 20 heavy (non-hydrogen) atoms. The van der Waals surface area contributed by atoms with Crippen molar-refractivity contribution in [3.8, 4) is 0 Å². The fraction of sp³-hybridized carbons (Fsp3) is 0.385. The van der Waals surface area contributed by atoms with Crippen LogP contribution in [-0.4, -0.2) is 49.7 Å². The maximum absolute atomic E-state index is 13.4. The van der Waals surface area contributed by atoms with Gasteiger partial charge < -0.3 is 20.1 Å². The van der Waals surface area contributed by atoms with E-state index in [1.54, 1.807) is 0 Å². The quantitative estimate of drug-likeness (QED) is 0.642. The molecule has 108 valence electrons. The topological polar surface area (TPSA) is 81.9 Å². The van der Waals surface area contributed by atoms with Gasteiger partial charge in [-0.2, -0.15) is 0 Å². The molecule has 0 spiro atoms. The van der Waals surface area contributed by atoms with Crippen LogP contribution in [0, 0.1) is 5.82 Å². The Morgan fingerprint density at radius 2 is 2.05 bits per heavy atom. The molecule has 0 unspecified atom stereocenters. The normalized spacial score (nSPS) is 14.9. The maximum Gasteiger partial charge on any atom is 0.341 e. The molecule has 1 aliphatic heterocycles. The van der Waals surface area contributed by atoms with Gasteiger partial charge in [-0.25, -0.2) is 9.18 Å². The van der Waals surface area contributed by atoms with Crippen molar-refractivity contribution in [2.45, 2.75) is 0 Å². The van der Waals surface area contributed by atoms with Crippen LogP contribution in [0.5, 0.6) is 0 Å². The summed E-state index contributed by atoms with van der Waals surface area (Å²) < 4.78 is 23.4. The summed E-state index contributed by atoms with van der Waals surface area (Å²) in [5.74, 6) is -1.97. The predicted molar refractivity (Wildman–Crippen MR) is 68.5 cm³/mol. The number of anilines is 1. The standard InChI is InChI=1S/C13H15FN2O4/c14-11-2-1-9(15)7-10(11)13(18)20-8-12(17)16-3-5-19-6-4-16/h1-2,7H,3-6,8,15H2. The molecule has 2 rings (SSSR count). The summed E-state index contributed by atoms with van der Waals surface area (Å²) in [5.41, 5.74) is 5.44. The first-order chi connectivity index (χ1) is 9.58. The number of carbonyl (C=O) groups is 2. The van der Waals surface area contributed by atoms with E-state index in [0.29, 0.717) is 26.3 Å². The summed E-state index contributed by atoms with van der Waals surface area (Å²) in [4.78, 5) is 25.0. The van der Waals surface area contributed by atoms with Crippen LogP contribution in [0.3, 0.4) is 0 Å². The molecular formula is C13H15FN2O4. The average molecular weight is 282 g/mol. The lowest BCUT2D eigenvalue weighted by atomic mass is 10.2. The van der Waals surface area contributed by atoms with Gasteiger partial charge in [-0.1, -0.05) is 0 Å². The minimum Gasteiger partial charge on any atom is -0.452 e. The van der Waals surface area contributed by atoms with Crippen LogP contribution < -0.4 is 5.73 Å². The number of hydrogen-bond acceptors (Lipinski definition) is 5. The Hall–Kier alpha value is -2.15. The van der Waals surface area contributed by atoms with E-state index in [2.05, 4.69) is 0 Å². The van der Waals surface area contributed by atoms with Gasteiger partial charge in [0.15, 0.2) is 6.61 Å². The molecule has 7 heteroatoms. The second-order valence-corrected chi connectivity index (χ2v) is 4.31. The Morgan fingerprint density at radius 1 is 1.35 bits per heavy atom. The Bertz CT molecular complexity index is 515. The maximum atomic E-state index is 13.4. The number of benzene rings is 1. The molecule has 0 atom stereocenters. The Morgan fingerprint density at radius 3 is 2.75 bits per heavy atom. The van der Waals surface area contributed by atoms with E-state index in [9.17, 15) is 14.0 Å². The number of amides is 1. The molecular weight excluding hydrogens is 267 g/mol. The lowest BCUT2D eigenvalue weighted by Crippen LogP contribution is -2.42. The minimum absolute atomic E-state index is 0.248. The summed E-state index contributed by atoms with van der Waals surface area (Å²) in [6.45, 7) is 1.42. The van der Waals surface area contributed by atoms with Crippen molar-refractivity contribution in [1.82, 2.24) is 4.90 Å². The van der Waals surface area contributed by atoms with Gasteiger partial charge in [-0.3, -0.25) is 4.79 Å². The van der Waals surface area contributed by atoms with Crippen molar-refractivity contribution >= 4 is 17.6 Å². The third-order valence-electron chi connectivity index (χ3n) is 2.90. The number of morpholine rings is 1. The number of nitrogens with zero attached hydrogens (tertiary/aromatic N) is 1. The van der Waals surface area contributed by atoms with Crippen molar-refractivity contribution in [2.24, 2.45) is 0 Å². The van der Waals surface area contributed by atoms with Gasteiger partial charge in [0.1, 0.15) is 5.82 Å². The van der Waals surface area contributed by atoms with E-state index >= 15 is 0 Å². The molecule has 0 aromatic heterocycles. The highest BCUT2D eigenvalue weighted by atomic mass is 19.1. The monoisotopic (exact) mass is 282 g/mol. The molecule has 0 saturated carbocycles. The van der Waals surface area contributed by atoms with Gasteiger partial charge in [-0.05, 0) is 18.2 Å². The molecule has 1 heterocycles. The van der Waals surface area contributed by atoms with Gasteiger partial charge in [-0.15, -0.1) is 0 Å². The van der Waals surface area contributed by atoms with Gasteiger partial charge in [0, 0.05) is 18.8 Å². The first-order valence-electron chi connectivity index (χ1n) is 6.15. The smallest absolute Gasteiger partial charge is 0.341 e. The zero-order valence-electron chi connectivity index (χ0n) is 10.8. The Balaban J connectivity index is 1.91. The van der Waals surface area contributed by atoms with Crippen molar-refractivity contribution in [1.29, 1.82) is 0 Å². The number of esters is 1. The molecule has 1 saturated heterocycles. The minimum atomic E-state index is -0.906. The van der Waals surface area contributed by atoms with Gasteiger partial charge >= 0.3 is 5.97 Å². The molecule has 0 aliphatic carbocycles. The fourth-order valence-corrected chi connectivity index (χ4v) is 1.81. The van der Waals surface area contributed by atoms with E-state index in [-0.39, 0.29) is 17.2 Å². The summed E-state index contributed by atoms with van der Waals surface area (Å²) in [6, 6.07) is 3.59. The molecule has 6 nitrogen and oxygen atoms in total. The SMILES string of the molecule is Nc1ccc(F)c(C(=O)OCC(=O)N2CCOCC2)c1. The van der Waals surface area contributed by atoms with Crippen LogP contribution in [0.15, 0.2) is 18.2 Å². The first-order valence-corrected chi connectivity index (χ1v) is 6.15. The predicted octanol–water partition coefficient (Wildman–Crippen LogP) is 0.423. The van der Waals surface area contributed by atoms with E-state index in [1.165, 1.54) is 17.0 Å². The van der Waals surface area contributed by atoms with Crippen LogP contribution in [0.1, 0.15) is 10.4 Å². The number of hydrogen-bond donors (Lipinski definition) is 1.